The van der Waals surface area contributed by atoms with Crippen molar-refractivity contribution < 1.29 is 14.7 Å². The second-order valence-corrected chi connectivity index (χ2v) is 4.52. The van der Waals surface area contributed by atoms with Crippen molar-refractivity contribution in [2.45, 2.75) is 0 Å². The molecule has 0 aromatic carbocycles. The van der Waals surface area contributed by atoms with Crippen LogP contribution < -0.4 is 5.73 Å². The molecule has 0 amide bonds. The predicted molar refractivity (Wildman–Crippen MR) is 64.2 cm³/mol. The van der Waals surface area contributed by atoms with Crippen molar-refractivity contribution in [1.82, 2.24) is 4.98 Å². The summed E-state index contributed by atoms with van der Waals surface area (Å²) in [5.74, 6) is -0.0224. The zero-order chi connectivity index (χ0) is 12.0. The molecule has 0 radical (unpaired) electrons. The number of ether oxygens (including phenoxy) is 1. The Morgan fingerprint density at radius 2 is 2.56 bits per heavy atom. The Morgan fingerprint density at radius 3 is 3.06 bits per heavy atom. The van der Waals surface area contributed by atoms with Crippen molar-refractivity contribution in [2.24, 2.45) is 5.16 Å². The van der Waals surface area contributed by atoms with Gasteiger partial charge >= 0.3 is 5.97 Å². The number of anilines is 1. The summed E-state index contributed by atoms with van der Waals surface area (Å²) < 4.78 is 4.87. The largest absolute Gasteiger partial charge is 0.460 e. The Balaban J connectivity index is 2.65. The minimum atomic E-state index is -0.707. The van der Waals surface area contributed by atoms with E-state index in [2.05, 4.69) is 10.1 Å². The third-order valence-electron chi connectivity index (χ3n) is 1.58. The van der Waals surface area contributed by atoms with E-state index in [0.29, 0.717) is 10.9 Å². The predicted octanol–water partition coefficient (Wildman–Crippen LogP) is 0.810. The van der Waals surface area contributed by atoms with Crippen LogP contribution in [0.15, 0.2) is 10.5 Å². The monoisotopic (exact) mass is 261 g/mol. The molecule has 0 aliphatic rings. The number of aromatic nitrogens is 1. The highest BCUT2D eigenvalue weighted by molar-refractivity contribution is 7.98. The number of nitrogens with two attached hydrogens (primary N) is 1. The first-order chi connectivity index (χ1) is 7.69. The van der Waals surface area contributed by atoms with Gasteiger partial charge in [0.25, 0.3) is 0 Å². The molecule has 1 heterocycles. The maximum Gasteiger partial charge on any atom is 0.362 e. The molecule has 0 atom stereocenters. The number of oxime groups is 1. The summed E-state index contributed by atoms with van der Waals surface area (Å²) in [5.41, 5.74) is 5.40. The summed E-state index contributed by atoms with van der Waals surface area (Å²) in [6.07, 6.45) is 1.90. The van der Waals surface area contributed by atoms with Gasteiger partial charge in [-0.3, -0.25) is 0 Å². The summed E-state index contributed by atoms with van der Waals surface area (Å²) in [5, 5.41) is 13.4. The van der Waals surface area contributed by atoms with Crippen LogP contribution in [-0.4, -0.2) is 40.5 Å². The van der Waals surface area contributed by atoms with Crippen molar-refractivity contribution >= 4 is 39.9 Å². The number of carbonyl (C=O) groups excluding carboxylic acids is 1. The number of hydrogen-bond acceptors (Lipinski definition) is 8. The zero-order valence-electron chi connectivity index (χ0n) is 8.54. The fourth-order valence-corrected chi connectivity index (χ4v) is 1.68. The van der Waals surface area contributed by atoms with E-state index in [1.165, 1.54) is 5.38 Å². The van der Waals surface area contributed by atoms with Crippen LogP contribution in [0.25, 0.3) is 0 Å². The molecule has 0 unspecified atom stereocenters. The summed E-state index contributed by atoms with van der Waals surface area (Å²) in [6, 6.07) is 0. The number of hydrogen-bond donors (Lipinski definition) is 2. The quantitative estimate of drug-likeness (QED) is 0.267. The topological polar surface area (TPSA) is 97.8 Å². The van der Waals surface area contributed by atoms with Gasteiger partial charge in [0.2, 0.25) is 5.71 Å². The van der Waals surface area contributed by atoms with E-state index < -0.39 is 5.97 Å². The lowest BCUT2D eigenvalue weighted by Crippen LogP contribution is -2.20. The van der Waals surface area contributed by atoms with Gasteiger partial charge < -0.3 is 15.7 Å². The molecule has 1 rings (SSSR count). The fraction of sp³-hybridized carbons (Fsp3) is 0.375. The van der Waals surface area contributed by atoms with Crippen molar-refractivity contribution in [2.75, 3.05) is 24.3 Å². The second kappa shape index (κ2) is 6.33. The number of nitrogens with zero attached hydrogens (tertiary/aromatic N) is 2. The van der Waals surface area contributed by atoms with E-state index in [1.54, 1.807) is 11.8 Å². The minimum Gasteiger partial charge on any atom is -0.460 e. The molecule has 0 spiro atoms. The number of esters is 1. The lowest BCUT2D eigenvalue weighted by molar-refractivity contribution is -0.135. The Labute approximate surface area is 100 Å². The molecule has 1 aromatic heterocycles. The molecule has 0 bridgehead atoms. The van der Waals surface area contributed by atoms with Gasteiger partial charge in [-0.15, -0.1) is 11.3 Å². The Kier molecular flexibility index (Phi) is 5.06. The molecule has 8 heteroatoms. The van der Waals surface area contributed by atoms with E-state index in [4.69, 9.17) is 15.7 Å². The molecule has 0 saturated carbocycles. The van der Waals surface area contributed by atoms with Crippen LogP contribution in [0.1, 0.15) is 5.69 Å². The molecule has 3 N–H and O–H groups in total. The highest BCUT2D eigenvalue weighted by atomic mass is 32.2. The molecule has 0 aliphatic heterocycles. The van der Waals surface area contributed by atoms with Gasteiger partial charge in [-0.1, -0.05) is 5.16 Å². The summed E-state index contributed by atoms with van der Waals surface area (Å²) >= 11 is 2.71. The van der Waals surface area contributed by atoms with E-state index in [-0.39, 0.29) is 18.0 Å². The van der Waals surface area contributed by atoms with Crippen LogP contribution in [0, 0.1) is 0 Å². The van der Waals surface area contributed by atoms with Gasteiger partial charge in [0.1, 0.15) is 12.3 Å². The maximum absolute atomic E-state index is 11.5. The highest BCUT2D eigenvalue weighted by Gasteiger charge is 2.19. The first-order valence-electron chi connectivity index (χ1n) is 4.28. The molecular formula is C8H11N3O3S2. The molecule has 0 saturated heterocycles. The number of thiazole rings is 1. The SMILES string of the molecule is CSCCOC(=O)C(=NO)c1csc(N)n1. The third kappa shape index (κ3) is 3.38. The van der Waals surface area contributed by atoms with Gasteiger partial charge in [0.05, 0.1) is 0 Å². The fourth-order valence-electron chi connectivity index (χ4n) is 0.879. The van der Waals surface area contributed by atoms with Crippen LogP contribution in [-0.2, 0) is 9.53 Å². The maximum atomic E-state index is 11.5. The molecule has 0 aliphatic carbocycles. The van der Waals surface area contributed by atoms with Crippen molar-refractivity contribution in [1.29, 1.82) is 0 Å². The van der Waals surface area contributed by atoms with E-state index in [1.807, 2.05) is 6.26 Å². The number of nitrogen functional groups attached to an aromatic ring is 1. The number of rotatable bonds is 5. The van der Waals surface area contributed by atoms with Gasteiger partial charge in [-0.2, -0.15) is 11.8 Å². The normalized spacial score (nSPS) is 11.4. The highest BCUT2D eigenvalue weighted by Crippen LogP contribution is 2.12. The lowest BCUT2D eigenvalue weighted by atomic mass is 10.3. The van der Waals surface area contributed by atoms with E-state index in [0.717, 1.165) is 11.3 Å². The number of carbonyl (C=O) groups is 1. The summed E-state index contributed by atoms with van der Waals surface area (Å²) in [4.78, 5) is 15.3. The smallest absolute Gasteiger partial charge is 0.362 e. The Hall–Kier alpha value is -1.28. The van der Waals surface area contributed by atoms with Crippen LogP contribution in [0.5, 0.6) is 0 Å². The van der Waals surface area contributed by atoms with E-state index in [9.17, 15) is 4.79 Å². The van der Waals surface area contributed by atoms with Gasteiger partial charge in [-0.05, 0) is 6.26 Å². The number of thioether (sulfide) groups is 1. The van der Waals surface area contributed by atoms with E-state index >= 15 is 0 Å². The van der Waals surface area contributed by atoms with Crippen molar-refractivity contribution in [3.8, 4) is 0 Å². The van der Waals surface area contributed by atoms with Crippen LogP contribution in [0.3, 0.4) is 0 Å². The molecular weight excluding hydrogens is 250 g/mol. The van der Waals surface area contributed by atoms with Gasteiger partial charge in [0, 0.05) is 11.1 Å². The Morgan fingerprint density at radius 1 is 1.81 bits per heavy atom. The van der Waals surface area contributed by atoms with Crippen molar-refractivity contribution in [3.63, 3.8) is 0 Å². The summed E-state index contributed by atoms with van der Waals surface area (Å²) in [6.45, 7) is 0.263. The molecule has 88 valence electrons. The average Bonchev–Trinajstić information content (AvgIpc) is 2.66. The van der Waals surface area contributed by atoms with Gasteiger partial charge in [0.15, 0.2) is 5.13 Å². The Bertz CT molecular complexity index is 392. The first kappa shape index (κ1) is 12.8. The second-order valence-electron chi connectivity index (χ2n) is 2.65. The standard InChI is InChI=1S/C8H11N3O3S2/c1-15-3-2-14-7(12)6(11-13)5-4-16-8(9)10-5/h4,13H,2-3H2,1H3,(H2,9,10). The molecule has 1 aromatic rings. The summed E-state index contributed by atoms with van der Waals surface area (Å²) in [7, 11) is 0. The first-order valence-corrected chi connectivity index (χ1v) is 6.56. The van der Waals surface area contributed by atoms with Crippen LogP contribution in [0.4, 0.5) is 5.13 Å². The molecule has 6 nitrogen and oxygen atoms in total. The third-order valence-corrected chi connectivity index (χ3v) is 2.83. The molecule has 0 fully saturated rings. The van der Waals surface area contributed by atoms with Crippen LogP contribution in [0.2, 0.25) is 0 Å². The van der Waals surface area contributed by atoms with Gasteiger partial charge in [-0.25, -0.2) is 9.78 Å². The average molecular weight is 261 g/mol. The van der Waals surface area contributed by atoms with Crippen molar-refractivity contribution in [3.05, 3.63) is 11.1 Å². The lowest BCUT2D eigenvalue weighted by Gasteiger charge is -2.02. The molecule has 16 heavy (non-hydrogen) atoms. The zero-order valence-corrected chi connectivity index (χ0v) is 10.2. The minimum absolute atomic E-state index is 0.221. The van der Waals surface area contributed by atoms with Crippen LogP contribution >= 0.6 is 23.1 Å².